The Morgan fingerprint density at radius 1 is 1.18 bits per heavy atom. The molecule has 0 fully saturated rings. The second-order valence-corrected chi connectivity index (χ2v) is 5.67. The molecule has 22 heavy (non-hydrogen) atoms. The minimum atomic E-state index is 0. The first-order valence-electron chi connectivity index (χ1n) is 7.47. The van der Waals surface area contributed by atoms with Crippen molar-refractivity contribution in [2.75, 3.05) is 13.2 Å². The van der Waals surface area contributed by atoms with Crippen LogP contribution in [0, 0.1) is 0 Å². The lowest BCUT2D eigenvalue weighted by molar-refractivity contribution is 0.0770. The van der Waals surface area contributed by atoms with Crippen LogP contribution in [0.1, 0.15) is 25.8 Å². The Morgan fingerprint density at radius 3 is 2.55 bits per heavy atom. The number of nitrogens with one attached hydrogen (secondary N) is 1. The zero-order valence-electron chi connectivity index (χ0n) is 13.8. The third-order valence-electron chi connectivity index (χ3n) is 3.61. The molecule has 0 amide bonds. The number of aryl methyl sites for hydroxylation is 2. The van der Waals surface area contributed by atoms with Crippen LogP contribution in [0.3, 0.4) is 0 Å². The summed E-state index contributed by atoms with van der Waals surface area (Å²) >= 11 is 0. The molecule has 0 radical (unpaired) electrons. The number of ether oxygens (including phenoxy) is 1. The summed E-state index contributed by atoms with van der Waals surface area (Å²) in [6.45, 7) is 6.62. The number of aromatic nitrogens is 2. The van der Waals surface area contributed by atoms with Crippen molar-refractivity contribution in [2.45, 2.75) is 32.9 Å². The quantitative estimate of drug-likeness (QED) is 0.793. The van der Waals surface area contributed by atoms with Crippen molar-refractivity contribution in [1.29, 1.82) is 0 Å². The van der Waals surface area contributed by atoms with Crippen LogP contribution >= 0.6 is 12.4 Å². The maximum Gasteiger partial charge on any atom is 0.328 e. The number of halogens is 1. The number of benzene rings is 1. The molecular weight excluding hydrogens is 302 g/mol. The average molecular weight is 328 g/mol. The Kier molecular flexibility index (Phi) is 7.13. The third-order valence-corrected chi connectivity index (χ3v) is 3.61. The van der Waals surface area contributed by atoms with Crippen LogP contribution in [0.25, 0.3) is 11.0 Å². The molecule has 0 aliphatic heterocycles. The summed E-state index contributed by atoms with van der Waals surface area (Å²) in [6, 6.07) is 6.16. The van der Waals surface area contributed by atoms with Gasteiger partial charge >= 0.3 is 5.69 Å². The summed E-state index contributed by atoms with van der Waals surface area (Å²) in [5.41, 5.74) is 3.15. The number of hydrogen-bond donors (Lipinski definition) is 1. The van der Waals surface area contributed by atoms with Gasteiger partial charge in [-0.2, -0.15) is 0 Å². The monoisotopic (exact) mass is 327 g/mol. The largest absolute Gasteiger partial charge is 0.379 e. The van der Waals surface area contributed by atoms with Gasteiger partial charge in [0.2, 0.25) is 0 Å². The number of nitrogens with zero attached hydrogens (tertiary/aromatic N) is 2. The second-order valence-electron chi connectivity index (χ2n) is 5.67. The molecule has 5 nitrogen and oxygen atoms in total. The van der Waals surface area contributed by atoms with E-state index in [1.807, 2.05) is 27.0 Å². The molecule has 0 aliphatic rings. The third kappa shape index (κ3) is 4.35. The van der Waals surface area contributed by atoms with Gasteiger partial charge in [-0.05, 0) is 44.5 Å². The van der Waals surface area contributed by atoms with Gasteiger partial charge in [-0.1, -0.05) is 6.07 Å². The molecule has 6 heteroatoms. The molecule has 124 valence electrons. The number of hydrogen-bond acceptors (Lipinski definition) is 3. The highest BCUT2D eigenvalue weighted by molar-refractivity contribution is 5.85. The van der Waals surface area contributed by atoms with Crippen molar-refractivity contribution in [2.24, 2.45) is 14.1 Å². The van der Waals surface area contributed by atoms with Crippen molar-refractivity contribution < 1.29 is 4.74 Å². The first-order valence-corrected chi connectivity index (χ1v) is 7.47. The van der Waals surface area contributed by atoms with Crippen LogP contribution in [0.15, 0.2) is 23.0 Å². The normalized spacial score (nSPS) is 11.1. The van der Waals surface area contributed by atoms with Gasteiger partial charge in [0, 0.05) is 27.2 Å². The van der Waals surface area contributed by atoms with Gasteiger partial charge in [0.1, 0.15) is 0 Å². The van der Waals surface area contributed by atoms with E-state index in [9.17, 15) is 4.79 Å². The number of imidazole rings is 1. The van der Waals surface area contributed by atoms with Gasteiger partial charge in [0.05, 0.1) is 17.1 Å². The van der Waals surface area contributed by atoms with E-state index in [4.69, 9.17) is 4.74 Å². The van der Waals surface area contributed by atoms with E-state index in [2.05, 4.69) is 17.4 Å². The lowest BCUT2D eigenvalue weighted by Gasteiger charge is -2.08. The fourth-order valence-corrected chi connectivity index (χ4v) is 2.41. The van der Waals surface area contributed by atoms with Crippen molar-refractivity contribution in [3.8, 4) is 0 Å². The lowest BCUT2D eigenvalue weighted by Crippen LogP contribution is -2.19. The van der Waals surface area contributed by atoms with Crippen LogP contribution in [-0.2, 0) is 25.4 Å². The SMILES string of the molecule is CC(C)OCCCNCc1ccc2c(c1)n(C)c(=O)n2C.Cl. The van der Waals surface area contributed by atoms with Gasteiger partial charge < -0.3 is 10.1 Å². The van der Waals surface area contributed by atoms with Crippen molar-refractivity contribution in [3.63, 3.8) is 0 Å². The highest BCUT2D eigenvalue weighted by Crippen LogP contribution is 2.13. The summed E-state index contributed by atoms with van der Waals surface area (Å²) in [7, 11) is 3.61. The lowest BCUT2D eigenvalue weighted by atomic mass is 10.2. The molecule has 0 saturated carbocycles. The molecule has 1 heterocycles. The van der Waals surface area contributed by atoms with E-state index in [1.165, 1.54) is 5.56 Å². The molecule has 0 aliphatic carbocycles. The summed E-state index contributed by atoms with van der Waals surface area (Å²) in [5, 5.41) is 3.41. The Morgan fingerprint density at radius 2 is 1.86 bits per heavy atom. The Hall–Kier alpha value is -1.30. The van der Waals surface area contributed by atoms with E-state index in [0.29, 0.717) is 6.10 Å². The van der Waals surface area contributed by atoms with Gasteiger partial charge in [-0.15, -0.1) is 12.4 Å². The molecule has 0 saturated heterocycles. The van der Waals surface area contributed by atoms with Gasteiger partial charge in [-0.3, -0.25) is 9.13 Å². The molecule has 1 aromatic heterocycles. The Bertz CT molecular complexity index is 661. The van der Waals surface area contributed by atoms with Gasteiger partial charge in [-0.25, -0.2) is 4.79 Å². The second kappa shape index (κ2) is 8.36. The van der Waals surface area contributed by atoms with Crippen molar-refractivity contribution in [3.05, 3.63) is 34.2 Å². The number of rotatable bonds is 7. The summed E-state index contributed by atoms with van der Waals surface area (Å²) in [4.78, 5) is 11.9. The smallest absolute Gasteiger partial charge is 0.328 e. The predicted octanol–water partition coefficient (Wildman–Crippen LogP) is 2.20. The maximum atomic E-state index is 11.9. The molecule has 0 bridgehead atoms. The van der Waals surface area contributed by atoms with Crippen LogP contribution in [0.2, 0.25) is 0 Å². The van der Waals surface area contributed by atoms with Crippen molar-refractivity contribution >= 4 is 23.4 Å². The fourth-order valence-electron chi connectivity index (χ4n) is 2.41. The van der Waals surface area contributed by atoms with E-state index >= 15 is 0 Å². The minimum absolute atomic E-state index is 0. The van der Waals surface area contributed by atoms with Crippen LogP contribution < -0.4 is 11.0 Å². The van der Waals surface area contributed by atoms with Crippen LogP contribution in [0.4, 0.5) is 0 Å². The Balaban J connectivity index is 0.00000242. The summed E-state index contributed by atoms with van der Waals surface area (Å²) in [6.07, 6.45) is 1.30. The molecule has 1 N–H and O–H groups in total. The Labute approximate surface area is 137 Å². The molecule has 2 rings (SSSR count). The predicted molar refractivity (Wildman–Crippen MR) is 92.8 cm³/mol. The van der Waals surface area contributed by atoms with Gasteiger partial charge in [0.15, 0.2) is 0 Å². The number of fused-ring (bicyclic) bond motifs is 1. The standard InChI is InChI=1S/C16H25N3O2.ClH/c1-12(2)21-9-5-8-17-11-13-6-7-14-15(10-13)19(4)16(20)18(14)3;/h6-7,10,12,17H,5,8-9,11H2,1-4H3;1H. The molecule has 0 unspecified atom stereocenters. The highest BCUT2D eigenvalue weighted by Gasteiger charge is 2.07. The minimum Gasteiger partial charge on any atom is -0.379 e. The topological polar surface area (TPSA) is 48.2 Å². The van der Waals surface area contributed by atoms with E-state index in [1.54, 1.807) is 16.2 Å². The van der Waals surface area contributed by atoms with E-state index in [-0.39, 0.29) is 18.1 Å². The first-order chi connectivity index (χ1) is 10.0. The van der Waals surface area contributed by atoms with Crippen LogP contribution in [0.5, 0.6) is 0 Å². The van der Waals surface area contributed by atoms with Gasteiger partial charge in [0.25, 0.3) is 0 Å². The first kappa shape index (κ1) is 18.7. The van der Waals surface area contributed by atoms with E-state index in [0.717, 1.165) is 37.2 Å². The molecule has 1 aromatic carbocycles. The molecule has 0 spiro atoms. The van der Waals surface area contributed by atoms with Crippen LogP contribution in [-0.4, -0.2) is 28.4 Å². The van der Waals surface area contributed by atoms with E-state index < -0.39 is 0 Å². The molecule has 0 atom stereocenters. The molecule has 2 aromatic rings. The average Bonchev–Trinajstić information content (AvgIpc) is 2.67. The zero-order chi connectivity index (χ0) is 15.4. The summed E-state index contributed by atoms with van der Waals surface area (Å²) in [5.74, 6) is 0. The molecular formula is C16H26ClN3O2. The fraction of sp³-hybridized carbons (Fsp3) is 0.562. The highest BCUT2D eigenvalue weighted by atomic mass is 35.5. The zero-order valence-corrected chi connectivity index (χ0v) is 14.6. The maximum absolute atomic E-state index is 11.9. The van der Waals surface area contributed by atoms with Crippen molar-refractivity contribution in [1.82, 2.24) is 14.5 Å². The summed E-state index contributed by atoms with van der Waals surface area (Å²) < 4.78 is 8.87.